The maximum absolute atomic E-state index is 13.5. The van der Waals surface area contributed by atoms with E-state index in [4.69, 9.17) is 23.2 Å². The molecule has 5 rings (SSSR count). The van der Waals surface area contributed by atoms with Gasteiger partial charge in [0.05, 0.1) is 16.5 Å². The van der Waals surface area contributed by atoms with Gasteiger partial charge in [0, 0.05) is 33.5 Å². The molecule has 4 aromatic rings. The topological polar surface area (TPSA) is 127 Å². The smallest absolute Gasteiger partial charge is 0.301 e. The number of hydrogen-bond acceptors (Lipinski definition) is 9. The van der Waals surface area contributed by atoms with E-state index >= 15 is 0 Å². The molecule has 0 spiro atoms. The molecule has 1 saturated heterocycles. The van der Waals surface area contributed by atoms with Gasteiger partial charge in [0.1, 0.15) is 11.6 Å². The molecule has 0 saturated carbocycles. The van der Waals surface area contributed by atoms with Gasteiger partial charge in [-0.05, 0) is 47.5 Å². The lowest BCUT2D eigenvalue weighted by atomic mass is 9.95. The Kier molecular flexibility index (Phi) is 7.86. The molecule has 1 unspecified atom stereocenters. The van der Waals surface area contributed by atoms with E-state index in [1.54, 1.807) is 18.2 Å². The fourth-order valence-electron chi connectivity index (χ4n) is 4.05. The Labute approximate surface area is 244 Å². The zero-order valence-electron chi connectivity index (χ0n) is 20.0. The lowest BCUT2D eigenvalue weighted by Gasteiger charge is -2.22. The molecule has 3 aromatic carbocycles. The molecule has 1 aliphatic rings. The van der Waals surface area contributed by atoms with Crippen LogP contribution in [0.5, 0.6) is 0 Å². The van der Waals surface area contributed by atoms with Crippen LogP contribution in [0.4, 0.5) is 15.2 Å². The van der Waals surface area contributed by atoms with Crippen molar-refractivity contribution in [2.75, 3.05) is 4.90 Å². The third-order valence-electron chi connectivity index (χ3n) is 5.93. The van der Waals surface area contributed by atoms with Gasteiger partial charge in [0.15, 0.2) is 4.34 Å². The number of amides is 1. The summed E-state index contributed by atoms with van der Waals surface area (Å²) >= 11 is 14.5. The van der Waals surface area contributed by atoms with Crippen LogP contribution in [-0.2, 0) is 15.3 Å². The van der Waals surface area contributed by atoms with Gasteiger partial charge in [0.2, 0.25) is 5.13 Å². The van der Waals surface area contributed by atoms with Crippen LogP contribution in [0.3, 0.4) is 0 Å². The van der Waals surface area contributed by atoms with Crippen molar-refractivity contribution < 1.29 is 24.0 Å². The third kappa shape index (κ3) is 5.43. The number of aliphatic hydroxyl groups is 1. The van der Waals surface area contributed by atoms with Crippen molar-refractivity contribution in [3.63, 3.8) is 0 Å². The first-order valence-electron chi connectivity index (χ1n) is 11.4. The summed E-state index contributed by atoms with van der Waals surface area (Å²) in [5.74, 6) is -2.74. The highest BCUT2D eigenvalue weighted by atomic mass is 35.5. The number of carbonyl (C=O) groups is 2. The van der Waals surface area contributed by atoms with Crippen molar-refractivity contribution >= 4 is 74.6 Å². The molecule has 1 aliphatic heterocycles. The van der Waals surface area contributed by atoms with Crippen LogP contribution in [0.1, 0.15) is 22.7 Å². The monoisotopic (exact) mass is 616 g/mol. The zero-order chi connectivity index (χ0) is 28.6. The summed E-state index contributed by atoms with van der Waals surface area (Å²) in [5, 5.41) is 31.8. The summed E-state index contributed by atoms with van der Waals surface area (Å²) in [5.41, 5.74) is 0.467. The second-order valence-corrected chi connectivity index (χ2v) is 11.4. The average Bonchev–Trinajstić information content (AvgIpc) is 3.50. The number of nitro groups is 1. The third-order valence-corrected chi connectivity index (χ3v) is 8.62. The minimum Gasteiger partial charge on any atom is -0.507 e. The van der Waals surface area contributed by atoms with E-state index in [-0.39, 0.29) is 27.5 Å². The molecule has 0 radical (unpaired) electrons. The van der Waals surface area contributed by atoms with Crippen LogP contribution in [-0.4, -0.2) is 31.9 Å². The summed E-state index contributed by atoms with van der Waals surface area (Å²) < 4.78 is 14.0. The van der Waals surface area contributed by atoms with Gasteiger partial charge in [-0.25, -0.2) is 4.39 Å². The van der Waals surface area contributed by atoms with Crippen LogP contribution >= 0.6 is 46.3 Å². The maximum Gasteiger partial charge on any atom is 0.301 e. The highest BCUT2D eigenvalue weighted by Crippen LogP contribution is 2.44. The van der Waals surface area contributed by atoms with Crippen molar-refractivity contribution in [2.45, 2.75) is 16.1 Å². The molecule has 202 valence electrons. The van der Waals surface area contributed by atoms with E-state index in [2.05, 4.69) is 10.2 Å². The van der Waals surface area contributed by atoms with Crippen molar-refractivity contribution in [3.05, 3.63) is 115 Å². The Balaban J connectivity index is 1.56. The summed E-state index contributed by atoms with van der Waals surface area (Å²) in [6.07, 6.45) is 0. The predicted octanol–water partition coefficient (Wildman–Crippen LogP) is 6.81. The quantitative estimate of drug-likeness (QED) is 0.0456. The average molecular weight is 617 g/mol. The minimum absolute atomic E-state index is 0.0430. The highest BCUT2D eigenvalue weighted by molar-refractivity contribution is 8.00. The Bertz CT molecular complexity index is 1700. The number of aliphatic hydroxyl groups excluding tert-OH is 1. The number of anilines is 1. The number of halogens is 3. The zero-order valence-corrected chi connectivity index (χ0v) is 23.1. The van der Waals surface area contributed by atoms with Crippen LogP contribution in [0.2, 0.25) is 10.0 Å². The number of ketones is 1. The molecule has 1 atom stereocenters. The first-order valence-corrected chi connectivity index (χ1v) is 13.9. The standard InChI is InChI=1S/C26H15Cl2FN4O5S2/c27-16-7-4-15(19(28)11-16)12-39-26-31-30-25(40-26)32-21(14-2-1-3-18(10-14)33(37)38)20(23(35)24(32)36)22(34)13-5-8-17(29)9-6-13/h1-11,21,34H,12H2/b22-20-. The van der Waals surface area contributed by atoms with E-state index < -0.39 is 34.2 Å². The van der Waals surface area contributed by atoms with Gasteiger partial charge < -0.3 is 5.11 Å². The number of non-ortho nitro benzene ring substituents is 1. The number of rotatable bonds is 7. The molecule has 0 bridgehead atoms. The lowest BCUT2D eigenvalue weighted by molar-refractivity contribution is -0.384. The number of aromatic nitrogens is 2. The molecule has 9 nitrogen and oxygen atoms in total. The minimum atomic E-state index is -1.26. The Morgan fingerprint density at radius 1 is 1.10 bits per heavy atom. The van der Waals surface area contributed by atoms with Crippen molar-refractivity contribution in [1.82, 2.24) is 10.2 Å². The SMILES string of the molecule is O=C1C(=O)N(c2nnc(SCc3ccc(Cl)cc3Cl)s2)C(c2cccc([N+](=O)[O-])c2)/C1=C(/O)c1ccc(F)cc1. The Morgan fingerprint density at radius 2 is 1.85 bits per heavy atom. The molecular formula is C26H15Cl2FN4O5S2. The maximum atomic E-state index is 13.5. The molecular weight excluding hydrogens is 602 g/mol. The molecule has 14 heteroatoms. The Hall–Kier alpha value is -3.84. The van der Waals surface area contributed by atoms with Crippen LogP contribution in [0, 0.1) is 15.9 Å². The van der Waals surface area contributed by atoms with Crippen molar-refractivity contribution in [3.8, 4) is 0 Å². The van der Waals surface area contributed by atoms with Gasteiger partial charge in [-0.3, -0.25) is 24.6 Å². The first kappa shape index (κ1) is 27.7. The summed E-state index contributed by atoms with van der Waals surface area (Å²) in [6, 6.07) is 13.9. The predicted molar refractivity (Wildman–Crippen MR) is 150 cm³/mol. The van der Waals surface area contributed by atoms with Crippen molar-refractivity contribution in [1.29, 1.82) is 0 Å². The lowest BCUT2D eigenvalue weighted by Crippen LogP contribution is -2.29. The number of benzene rings is 3. The molecule has 2 heterocycles. The van der Waals surface area contributed by atoms with Gasteiger partial charge in [-0.2, -0.15) is 0 Å². The van der Waals surface area contributed by atoms with Crippen LogP contribution < -0.4 is 4.90 Å². The van der Waals surface area contributed by atoms with Gasteiger partial charge in [-0.1, -0.05) is 64.5 Å². The number of thioether (sulfide) groups is 1. The van der Waals surface area contributed by atoms with Gasteiger partial charge in [0.25, 0.3) is 11.5 Å². The summed E-state index contributed by atoms with van der Waals surface area (Å²) in [4.78, 5) is 38.5. The number of nitrogens with zero attached hydrogens (tertiary/aromatic N) is 4. The van der Waals surface area contributed by atoms with E-state index in [0.29, 0.717) is 20.1 Å². The summed E-state index contributed by atoms with van der Waals surface area (Å²) in [7, 11) is 0. The molecule has 1 amide bonds. The molecule has 40 heavy (non-hydrogen) atoms. The first-order chi connectivity index (χ1) is 19.1. The number of Topliss-reactive ketones (excluding diaryl/α,β-unsaturated/α-hetero) is 1. The van der Waals surface area contributed by atoms with Crippen molar-refractivity contribution in [2.24, 2.45) is 0 Å². The van der Waals surface area contributed by atoms with E-state index in [0.717, 1.165) is 33.9 Å². The molecule has 1 N–H and O–H groups in total. The normalized spacial score (nSPS) is 16.5. The summed E-state index contributed by atoms with van der Waals surface area (Å²) in [6.45, 7) is 0. The molecule has 1 aromatic heterocycles. The fourth-order valence-corrected chi connectivity index (χ4v) is 6.48. The Morgan fingerprint density at radius 3 is 2.55 bits per heavy atom. The van der Waals surface area contributed by atoms with Crippen LogP contribution in [0.15, 0.2) is 76.6 Å². The number of carbonyl (C=O) groups excluding carboxylic acids is 2. The second kappa shape index (κ2) is 11.3. The highest BCUT2D eigenvalue weighted by Gasteiger charge is 2.48. The molecule has 0 aliphatic carbocycles. The van der Waals surface area contributed by atoms with E-state index in [1.165, 1.54) is 48.2 Å². The van der Waals surface area contributed by atoms with Crippen LogP contribution in [0.25, 0.3) is 5.76 Å². The second-order valence-electron chi connectivity index (χ2n) is 8.40. The fraction of sp³-hybridized carbons (Fsp3) is 0.0769. The van der Waals surface area contributed by atoms with Gasteiger partial charge in [-0.15, -0.1) is 10.2 Å². The number of hydrogen-bond donors (Lipinski definition) is 1. The van der Waals surface area contributed by atoms with Gasteiger partial charge >= 0.3 is 5.91 Å². The van der Waals surface area contributed by atoms with E-state index in [1.807, 2.05) is 0 Å². The number of nitro benzene ring substituents is 1. The largest absolute Gasteiger partial charge is 0.507 e. The van der Waals surface area contributed by atoms with E-state index in [9.17, 15) is 29.2 Å². The molecule has 1 fully saturated rings.